The molecule has 3 aromatic carbocycles. The number of carbonyl (C=O) groups is 1. The SMILES string of the molecule is C[C@H](CO[Si](c1ccccc1)(c1ccccc1)C(C)(C)C)Oc1cc(F)cc2ccc(-c3nnc4ccc([C@@H](N5CC[C@H](NC(=O)OC(C)(C)C)C5)C(F)(F)F)cn34)nc12. The van der Waals surface area contributed by atoms with Gasteiger partial charge in [-0.1, -0.05) is 93.6 Å². The highest BCUT2D eigenvalue weighted by atomic mass is 28.4. The van der Waals surface area contributed by atoms with Crippen LogP contribution in [0.4, 0.5) is 22.4 Å². The van der Waals surface area contributed by atoms with Crippen molar-refractivity contribution in [1.82, 2.24) is 29.8 Å². The van der Waals surface area contributed by atoms with Crippen LogP contribution in [-0.4, -0.2) is 82.5 Å². The Morgan fingerprint density at radius 2 is 1.57 bits per heavy atom. The van der Waals surface area contributed by atoms with Crippen molar-refractivity contribution in [3.8, 4) is 17.3 Å². The van der Waals surface area contributed by atoms with Gasteiger partial charge in [-0.15, -0.1) is 10.2 Å². The predicted molar refractivity (Wildman–Crippen MR) is 225 cm³/mol. The smallest absolute Gasteiger partial charge is 0.408 e. The molecular formula is C45H50F4N6O4Si. The van der Waals surface area contributed by atoms with Crippen molar-refractivity contribution in [2.75, 3.05) is 19.7 Å². The summed E-state index contributed by atoms with van der Waals surface area (Å²) < 4.78 is 80.0. The molecule has 1 fully saturated rings. The normalized spacial score (nSPS) is 16.6. The van der Waals surface area contributed by atoms with Gasteiger partial charge in [0, 0.05) is 36.8 Å². The second-order valence-corrected chi connectivity index (χ2v) is 21.7. The number of benzene rings is 3. The fraction of sp³-hybridized carbons (Fsp3) is 0.378. The number of nitrogens with zero attached hydrogens (tertiary/aromatic N) is 5. The van der Waals surface area contributed by atoms with E-state index in [1.807, 2.05) is 43.3 Å². The summed E-state index contributed by atoms with van der Waals surface area (Å²) in [6, 6.07) is 26.7. The zero-order valence-electron chi connectivity index (χ0n) is 34.8. The minimum atomic E-state index is -4.64. The van der Waals surface area contributed by atoms with E-state index in [1.54, 1.807) is 32.9 Å². The van der Waals surface area contributed by atoms with Crippen LogP contribution < -0.4 is 20.4 Å². The maximum absolute atomic E-state index is 15.1. The molecule has 1 N–H and O–H groups in total. The zero-order chi connectivity index (χ0) is 43.0. The lowest BCUT2D eigenvalue weighted by molar-refractivity contribution is -0.184. The number of alkyl halides is 3. The Hall–Kier alpha value is -5.38. The number of rotatable bonds is 11. The predicted octanol–water partition coefficient (Wildman–Crippen LogP) is 8.63. The number of hydrogen-bond acceptors (Lipinski definition) is 8. The molecule has 1 saturated heterocycles. The minimum absolute atomic E-state index is 0.0244. The molecule has 0 spiro atoms. The first-order valence-corrected chi connectivity index (χ1v) is 21.9. The quantitative estimate of drug-likeness (QED) is 0.102. The Labute approximate surface area is 348 Å². The third-order valence-electron chi connectivity index (χ3n) is 10.6. The zero-order valence-corrected chi connectivity index (χ0v) is 35.8. The molecule has 1 aliphatic rings. The van der Waals surface area contributed by atoms with Crippen molar-refractivity contribution in [1.29, 1.82) is 0 Å². The maximum Gasteiger partial charge on any atom is 0.408 e. The van der Waals surface area contributed by atoms with Gasteiger partial charge in [-0.3, -0.25) is 9.30 Å². The number of carbonyl (C=O) groups excluding carboxylic acids is 1. The molecule has 0 bridgehead atoms. The van der Waals surface area contributed by atoms with Gasteiger partial charge < -0.3 is 19.2 Å². The number of fused-ring (bicyclic) bond motifs is 2. The first kappa shape index (κ1) is 42.7. The summed E-state index contributed by atoms with van der Waals surface area (Å²) in [5, 5.41) is 13.7. The van der Waals surface area contributed by atoms with Gasteiger partial charge in [-0.25, -0.2) is 14.2 Å². The van der Waals surface area contributed by atoms with Gasteiger partial charge in [-0.05, 0) is 73.3 Å². The van der Waals surface area contributed by atoms with Crippen molar-refractivity contribution in [2.24, 2.45) is 0 Å². The topological polar surface area (TPSA) is 103 Å². The Balaban J connectivity index is 1.17. The number of nitrogens with one attached hydrogen (secondary N) is 1. The van der Waals surface area contributed by atoms with E-state index in [4.69, 9.17) is 18.9 Å². The number of likely N-dealkylation sites (tertiary alicyclic amines) is 1. The molecular weight excluding hydrogens is 793 g/mol. The molecule has 6 aromatic rings. The van der Waals surface area contributed by atoms with Gasteiger partial charge in [0.05, 0.1) is 6.61 Å². The largest absolute Gasteiger partial charge is 0.486 e. The van der Waals surface area contributed by atoms with Crippen LogP contribution in [0, 0.1) is 5.82 Å². The summed E-state index contributed by atoms with van der Waals surface area (Å²) in [7, 11) is -2.90. The van der Waals surface area contributed by atoms with Crippen LogP contribution in [0.1, 0.15) is 66.5 Å². The van der Waals surface area contributed by atoms with Crippen LogP contribution in [-0.2, 0) is 9.16 Å². The monoisotopic (exact) mass is 842 g/mol. The third-order valence-corrected chi connectivity index (χ3v) is 15.6. The van der Waals surface area contributed by atoms with Gasteiger partial charge in [-0.2, -0.15) is 13.2 Å². The molecule has 316 valence electrons. The molecule has 3 aromatic heterocycles. The van der Waals surface area contributed by atoms with Crippen molar-refractivity contribution in [2.45, 2.75) is 89.9 Å². The number of aromatic nitrogens is 4. The van der Waals surface area contributed by atoms with Gasteiger partial charge in [0.1, 0.15) is 40.5 Å². The molecule has 1 aliphatic heterocycles. The fourth-order valence-electron chi connectivity index (χ4n) is 8.10. The highest BCUT2D eigenvalue weighted by Gasteiger charge is 2.50. The summed E-state index contributed by atoms with van der Waals surface area (Å²) in [6.45, 7) is 13.8. The van der Waals surface area contributed by atoms with Crippen molar-refractivity contribution in [3.05, 3.63) is 115 Å². The first-order chi connectivity index (χ1) is 28.3. The number of hydrogen-bond donors (Lipinski definition) is 1. The van der Waals surface area contributed by atoms with Crippen LogP contribution >= 0.6 is 0 Å². The summed E-state index contributed by atoms with van der Waals surface area (Å²) >= 11 is 0. The lowest BCUT2D eigenvalue weighted by atomic mass is 10.1. The van der Waals surface area contributed by atoms with E-state index < -0.39 is 50.2 Å². The lowest BCUT2D eigenvalue weighted by Crippen LogP contribution is -2.67. The molecule has 10 nitrogen and oxygen atoms in total. The van der Waals surface area contributed by atoms with E-state index in [0.717, 1.165) is 10.4 Å². The Bertz CT molecular complexity index is 2410. The molecule has 1 amide bonds. The second-order valence-electron chi connectivity index (χ2n) is 17.4. The summed E-state index contributed by atoms with van der Waals surface area (Å²) in [6.07, 6.45) is -4.16. The molecule has 3 atom stereocenters. The molecule has 0 aliphatic carbocycles. The van der Waals surface area contributed by atoms with E-state index in [2.05, 4.69) is 60.6 Å². The van der Waals surface area contributed by atoms with Crippen molar-refractivity contribution in [3.63, 3.8) is 0 Å². The Morgan fingerprint density at radius 1 is 0.900 bits per heavy atom. The first-order valence-electron chi connectivity index (χ1n) is 20.0. The summed E-state index contributed by atoms with van der Waals surface area (Å²) in [4.78, 5) is 18.5. The standard InChI is InChI=1S/C45H50F4N6O4Si/c1-29(28-57-60(44(5,6)7,34-14-10-8-11-15-34)35-16-12-9-13-17-35)58-37-25-32(46)24-30-18-20-36(51-39(30)37)41-53-52-38-21-19-31(26-55(38)41)40(45(47,48)49)54-23-22-33(27-54)50-42(56)59-43(2,3)4/h8-21,24-26,29,33,40H,22-23,27-28H2,1-7H3,(H,50,56)/t29-,33+,40-/m1/s1. The lowest BCUT2D eigenvalue weighted by Gasteiger charge is -2.43. The van der Waals surface area contributed by atoms with Crippen LogP contribution in [0.15, 0.2) is 103 Å². The minimum Gasteiger partial charge on any atom is -0.486 e. The van der Waals surface area contributed by atoms with E-state index in [1.165, 1.54) is 39.8 Å². The van der Waals surface area contributed by atoms with E-state index >= 15 is 4.39 Å². The number of halogens is 4. The van der Waals surface area contributed by atoms with Crippen LogP contribution in [0.5, 0.6) is 5.75 Å². The Kier molecular flexibility index (Phi) is 11.8. The molecule has 7 rings (SSSR count). The molecule has 0 unspecified atom stereocenters. The fourth-order valence-corrected chi connectivity index (χ4v) is 12.7. The summed E-state index contributed by atoms with van der Waals surface area (Å²) in [5.74, 6) is -0.145. The van der Waals surface area contributed by atoms with Gasteiger partial charge >= 0.3 is 12.3 Å². The maximum atomic E-state index is 15.1. The number of alkyl carbamates (subject to hydrolysis) is 1. The van der Waals surface area contributed by atoms with Crippen LogP contribution in [0.3, 0.4) is 0 Å². The van der Waals surface area contributed by atoms with Gasteiger partial charge in [0.25, 0.3) is 8.32 Å². The average molecular weight is 843 g/mol. The second kappa shape index (κ2) is 16.6. The molecule has 4 heterocycles. The molecule has 0 radical (unpaired) electrons. The highest BCUT2D eigenvalue weighted by molar-refractivity contribution is 6.99. The van der Waals surface area contributed by atoms with E-state index in [9.17, 15) is 18.0 Å². The summed E-state index contributed by atoms with van der Waals surface area (Å²) in [5.41, 5.74) is 0.176. The van der Waals surface area contributed by atoms with E-state index in [-0.39, 0.29) is 41.9 Å². The van der Waals surface area contributed by atoms with Gasteiger partial charge in [0.2, 0.25) is 0 Å². The van der Waals surface area contributed by atoms with Crippen molar-refractivity contribution >= 4 is 41.3 Å². The van der Waals surface area contributed by atoms with E-state index in [0.29, 0.717) is 28.7 Å². The number of ether oxygens (including phenoxy) is 2. The Morgan fingerprint density at radius 3 is 2.18 bits per heavy atom. The molecule has 0 saturated carbocycles. The van der Waals surface area contributed by atoms with Gasteiger partial charge in [0.15, 0.2) is 11.5 Å². The molecule has 60 heavy (non-hydrogen) atoms. The number of pyridine rings is 2. The van der Waals surface area contributed by atoms with Crippen LogP contribution in [0.2, 0.25) is 5.04 Å². The van der Waals surface area contributed by atoms with Crippen molar-refractivity contribution < 1.29 is 36.3 Å². The van der Waals surface area contributed by atoms with Crippen LogP contribution in [0.25, 0.3) is 28.1 Å². The number of amides is 1. The highest BCUT2D eigenvalue weighted by Crippen LogP contribution is 2.41. The molecule has 15 heteroatoms. The average Bonchev–Trinajstić information content (AvgIpc) is 3.80. The third kappa shape index (κ3) is 9.03.